The van der Waals surface area contributed by atoms with E-state index in [1.807, 2.05) is 29.8 Å². The van der Waals surface area contributed by atoms with E-state index >= 15 is 0 Å². The minimum Gasteiger partial charge on any atom is -0.352 e. The summed E-state index contributed by atoms with van der Waals surface area (Å²) < 4.78 is 1.94. The van der Waals surface area contributed by atoms with Crippen molar-refractivity contribution in [1.82, 2.24) is 19.8 Å². The summed E-state index contributed by atoms with van der Waals surface area (Å²) in [7, 11) is 1.95. The van der Waals surface area contributed by atoms with Gasteiger partial charge < -0.3 is 14.8 Å². The monoisotopic (exact) mass is 327 g/mol. The maximum Gasteiger partial charge on any atom is 0.253 e. The lowest BCUT2D eigenvalue weighted by molar-refractivity contribution is 0.0936. The van der Waals surface area contributed by atoms with Gasteiger partial charge in [0.25, 0.3) is 5.91 Å². The van der Waals surface area contributed by atoms with Crippen molar-refractivity contribution in [2.75, 3.05) is 26.2 Å². The van der Waals surface area contributed by atoms with Gasteiger partial charge in [0, 0.05) is 20.1 Å². The molecule has 1 amide bonds. The van der Waals surface area contributed by atoms with Gasteiger partial charge in [0.15, 0.2) is 0 Å². The Hall–Kier alpha value is -1.88. The maximum absolute atomic E-state index is 12.5. The molecule has 5 heteroatoms. The summed E-state index contributed by atoms with van der Waals surface area (Å²) in [6, 6.07) is 5.77. The normalized spacial score (nSPS) is 16.8. The van der Waals surface area contributed by atoms with Crippen LogP contribution in [-0.2, 0) is 7.05 Å². The van der Waals surface area contributed by atoms with Crippen molar-refractivity contribution >= 4 is 16.9 Å². The number of fused-ring (bicyclic) bond motifs is 1. The zero-order chi connectivity index (χ0) is 17.1. The standard InChI is InChI=1S/C19H28N4O/c1-14(2)12-23-9-7-15(8-10-23)11-20-19(24)16-5-4-6-17-18(16)21-13-22(17)3/h4-6,13-15H,7-12H2,1-3H3,(H,20,24)/i3-1. The average Bonchev–Trinajstić information content (AvgIpc) is 2.95. The molecule has 0 spiro atoms. The van der Waals surface area contributed by atoms with Gasteiger partial charge in [-0.1, -0.05) is 19.9 Å². The largest absolute Gasteiger partial charge is 0.352 e. The highest BCUT2D eigenvalue weighted by atomic mass is 16.1. The van der Waals surface area contributed by atoms with E-state index in [0.717, 1.165) is 36.6 Å². The fourth-order valence-electron chi connectivity index (χ4n) is 3.56. The lowest BCUT2D eigenvalue weighted by Gasteiger charge is -2.33. The summed E-state index contributed by atoms with van der Waals surface area (Å²) in [5.41, 5.74) is 2.44. The van der Waals surface area contributed by atoms with E-state index in [-0.39, 0.29) is 5.91 Å². The molecule has 0 radical (unpaired) electrons. The molecule has 0 aliphatic carbocycles. The highest BCUT2D eigenvalue weighted by Gasteiger charge is 2.21. The molecule has 2 aromatic rings. The number of carbonyl (C=O) groups excluding carboxylic acids is 1. The number of benzene rings is 1. The lowest BCUT2D eigenvalue weighted by Crippen LogP contribution is -2.40. The van der Waals surface area contributed by atoms with E-state index in [9.17, 15) is 4.79 Å². The maximum atomic E-state index is 12.5. The summed E-state index contributed by atoms with van der Waals surface area (Å²) >= 11 is 0. The second-order valence-electron chi connectivity index (χ2n) is 7.38. The first-order chi connectivity index (χ1) is 11.5. The van der Waals surface area contributed by atoms with Gasteiger partial charge in [-0.05, 0) is 49.9 Å². The van der Waals surface area contributed by atoms with Gasteiger partial charge in [-0.25, -0.2) is 4.98 Å². The van der Waals surface area contributed by atoms with Crippen LogP contribution in [0.2, 0.25) is 0 Å². The van der Waals surface area contributed by atoms with E-state index in [1.54, 1.807) is 6.33 Å². The highest BCUT2D eigenvalue weighted by Crippen LogP contribution is 2.19. The number of amides is 1. The predicted octanol–water partition coefficient (Wildman–Crippen LogP) is 2.67. The Labute approximate surface area is 144 Å². The van der Waals surface area contributed by atoms with E-state index in [2.05, 4.69) is 29.0 Å². The number of hydrogen-bond donors (Lipinski definition) is 1. The second kappa shape index (κ2) is 7.34. The first-order valence-electron chi connectivity index (χ1n) is 8.95. The molecule has 1 N–H and O–H groups in total. The van der Waals surface area contributed by atoms with Crippen LogP contribution in [0.1, 0.15) is 37.0 Å². The second-order valence-corrected chi connectivity index (χ2v) is 7.38. The number of rotatable bonds is 5. The minimum absolute atomic E-state index is 0.0103. The zero-order valence-corrected chi connectivity index (χ0v) is 15.0. The van der Waals surface area contributed by atoms with Gasteiger partial charge in [-0.2, -0.15) is 0 Å². The van der Waals surface area contributed by atoms with Crippen molar-refractivity contribution in [1.29, 1.82) is 0 Å². The number of carbonyl (C=O) groups is 1. The van der Waals surface area contributed by atoms with Crippen molar-refractivity contribution in [2.45, 2.75) is 26.7 Å². The quantitative estimate of drug-likeness (QED) is 0.918. The number of aromatic nitrogens is 2. The molecule has 3 rings (SSSR count). The summed E-state index contributed by atoms with van der Waals surface area (Å²) in [5, 5.41) is 3.12. The van der Waals surface area contributed by atoms with Gasteiger partial charge in [0.05, 0.1) is 17.4 Å². The molecule has 1 aromatic carbocycles. The highest BCUT2D eigenvalue weighted by molar-refractivity contribution is 6.04. The van der Waals surface area contributed by atoms with Gasteiger partial charge in [-0.3, -0.25) is 4.79 Å². The summed E-state index contributed by atoms with van der Waals surface area (Å²) in [5.74, 6) is 1.30. The minimum atomic E-state index is -0.0103. The molecular weight excluding hydrogens is 299 g/mol. The molecule has 1 aromatic heterocycles. The third kappa shape index (κ3) is 3.78. The summed E-state index contributed by atoms with van der Waals surface area (Å²) in [4.78, 5) is 19.5. The van der Waals surface area contributed by atoms with Crippen LogP contribution >= 0.6 is 0 Å². The molecule has 1 aliphatic rings. The third-order valence-corrected chi connectivity index (χ3v) is 4.88. The predicted molar refractivity (Wildman–Crippen MR) is 97.0 cm³/mol. The molecule has 1 saturated heterocycles. The molecule has 0 saturated carbocycles. The Morgan fingerprint density at radius 3 is 2.79 bits per heavy atom. The first-order valence-corrected chi connectivity index (χ1v) is 8.95. The fourth-order valence-corrected chi connectivity index (χ4v) is 3.56. The number of piperidine rings is 1. The van der Waals surface area contributed by atoms with Crippen molar-refractivity contribution < 1.29 is 4.79 Å². The number of para-hydroxylation sites is 1. The SMILES string of the molecule is CC(C)CN1CCC(CNC(=O)c2cccc3c2ncn3[11CH3])CC1. The molecule has 1 aliphatic heterocycles. The van der Waals surface area contributed by atoms with Gasteiger partial charge in [-0.15, -0.1) is 0 Å². The van der Waals surface area contributed by atoms with Crippen LogP contribution in [0.15, 0.2) is 24.5 Å². The van der Waals surface area contributed by atoms with Crippen LogP contribution in [-0.4, -0.2) is 46.5 Å². The Kier molecular flexibility index (Phi) is 5.19. The molecule has 0 unspecified atom stereocenters. The summed E-state index contributed by atoms with van der Waals surface area (Å²) in [6.07, 6.45) is 4.09. The molecule has 130 valence electrons. The van der Waals surface area contributed by atoms with Crippen LogP contribution in [0.5, 0.6) is 0 Å². The fraction of sp³-hybridized carbons (Fsp3) is 0.579. The molecule has 0 atom stereocenters. The van der Waals surface area contributed by atoms with Crippen molar-refractivity contribution in [3.05, 3.63) is 30.1 Å². The number of imidazole rings is 1. The van der Waals surface area contributed by atoms with Gasteiger partial charge >= 0.3 is 0 Å². The third-order valence-electron chi connectivity index (χ3n) is 4.88. The average molecular weight is 327 g/mol. The van der Waals surface area contributed by atoms with Crippen molar-refractivity contribution in [3.63, 3.8) is 0 Å². The Morgan fingerprint density at radius 2 is 2.08 bits per heavy atom. The Morgan fingerprint density at radius 1 is 1.33 bits per heavy atom. The number of nitrogens with one attached hydrogen (secondary N) is 1. The van der Waals surface area contributed by atoms with Crippen LogP contribution in [0.25, 0.3) is 11.0 Å². The van der Waals surface area contributed by atoms with E-state index in [1.165, 1.54) is 19.4 Å². The van der Waals surface area contributed by atoms with Crippen molar-refractivity contribution in [3.8, 4) is 0 Å². The molecule has 5 nitrogen and oxygen atoms in total. The Balaban J connectivity index is 1.54. The lowest BCUT2D eigenvalue weighted by atomic mass is 9.96. The van der Waals surface area contributed by atoms with Gasteiger partial charge in [0.1, 0.15) is 5.52 Å². The van der Waals surface area contributed by atoms with Crippen LogP contribution < -0.4 is 5.32 Å². The van der Waals surface area contributed by atoms with Gasteiger partial charge in [0.2, 0.25) is 0 Å². The number of likely N-dealkylation sites (tertiary alicyclic amines) is 1. The molecule has 2 heterocycles. The van der Waals surface area contributed by atoms with E-state index < -0.39 is 0 Å². The molecule has 0 bridgehead atoms. The topological polar surface area (TPSA) is 50.2 Å². The Bertz CT molecular complexity index is 698. The molecule has 1 fully saturated rings. The number of hydrogen-bond acceptors (Lipinski definition) is 3. The number of aryl methyl sites for hydroxylation is 1. The summed E-state index contributed by atoms with van der Waals surface area (Å²) in [6.45, 7) is 8.77. The van der Waals surface area contributed by atoms with Crippen molar-refractivity contribution in [2.24, 2.45) is 18.9 Å². The molecule has 24 heavy (non-hydrogen) atoms. The molecular formula is C19H28N4O. The van der Waals surface area contributed by atoms with Crippen LogP contribution in [0.3, 0.4) is 0 Å². The van der Waals surface area contributed by atoms with Crippen LogP contribution in [0, 0.1) is 11.8 Å². The zero-order valence-electron chi connectivity index (χ0n) is 15.0. The van der Waals surface area contributed by atoms with E-state index in [0.29, 0.717) is 11.5 Å². The number of nitrogens with zero attached hydrogens (tertiary/aromatic N) is 3. The first kappa shape index (κ1) is 17.0. The smallest absolute Gasteiger partial charge is 0.253 e. The van der Waals surface area contributed by atoms with E-state index in [4.69, 9.17) is 0 Å². The van der Waals surface area contributed by atoms with Crippen LogP contribution in [0.4, 0.5) is 0 Å².